The van der Waals surface area contributed by atoms with Gasteiger partial charge >= 0.3 is 0 Å². The minimum atomic E-state index is 0.427. The summed E-state index contributed by atoms with van der Waals surface area (Å²) in [6, 6.07) is 7.79. The number of anilines is 1. The highest BCUT2D eigenvalue weighted by atomic mass is 15.1. The Morgan fingerprint density at radius 1 is 1.17 bits per heavy atom. The number of aromatic nitrogens is 5. The Morgan fingerprint density at radius 2 is 2.04 bits per heavy atom. The molecule has 0 radical (unpaired) electrons. The molecule has 0 bridgehead atoms. The Bertz CT molecular complexity index is 1110. The summed E-state index contributed by atoms with van der Waals surface area (Å²) < 4.78 is 2.06. The molecule has 0 fully saturated rings. The first-order valence-corrected chi connectivity index (χ1v) is 7.17. The van der Waals surface area contributed by atoms with E-state index in [1.54, 1.807) is 12.3 Å². The number of nitrogens with two attached hydrogens (primary N) is 1. The van der Waals surface area contributed by atoms with Crippen LogP contribution < -0.4 is 5.73 Å². The maximum atomic E-state index is 5.91. The van der Waals surface area contributed by atoms with E-state index in [1.807, 2.05) is 32.2 Å². The lowest BCUT2D eigenvalue weighted by Gasteiger charge is -1.96. The quantitative estimate of drug-likeness (QED) is 0.487. The second kappa shape index (κ2) is 4.85. The predicted octanol–water partition coefficient (Wildman–Crippen LogP) is 2.14. The van der Waals surface area contributed by atoms with E-state index in [4.69, 9.17) is 5.73 Å². The fourth-order valence-electron chi connectivity index (χ4n) is 2.61. The molecule has 3 N–H and O–H groups in total. The van der Waals surface area contributed by atoms with Crippen LogP contribution in [0.4, 0.5) is 5.82 Å². The van der Waals surface area contributed by atoms with Crippen molar-refractivity contribution in [1.82, 2.24) is 24.7 Å². The lowest BCUT2D eigenvalue weighted by atomic mass is 10.2. The summed E-state index contributed by atoms with van der Waals surface area (Å²) >= 11 is 0. The van der Waals surface area contributed by atoms with E-state index >= 15 is 0 Å². The van der Waals surface area contributed by atoms with Gasteiger partial charge in [0, 0.05) is 18.8 Å². The van der Waals surface area contributed by atoms with Gasteiger partial charge < -0.3 is 10.3 Å². The Hall–Kier alpha value is -3.33. The van der Waals surface area contributed by atoms with Gasteiger partial charge in [-0.25, -0.2) is 9.97 Å². The molecule has 6 heteroatoms. The van der Waals surface area contributed by atoms with Gasteiger partial charge in [-0.15, -0.1) is 0 Å². The minimum absolute atomic E-state index is 0.427. The maximum absolute atomic E-state index is 5.91. The lowest BCUT2D eigenvalue weighted by molar-refractivity contribution is 0.886. The van der Waals surface area contributed by atoms with Crippen molar-refractivity contribution in [1.29, 1.82) is 0 Å². The zero-order valence-electron chi connectivity index (χ0n) is 12.8. The molecule has 0 aliphatic rings. The summed E-state index contributed by atoms with van der Waals surface area (Å²) in [7, 11) is 2.00. The van der Waals surface area contributed by atoms with E-state index in [1.165, 1.54) is 0 Å². The number of nitrogens with one attached hydrogen (secondary N) is 1. The third-order valence-electron chi connectivity index (χ3n) is 3.93. The molecular weight excluding hydrogens is 288 g/mol. The molecule has 0 aliphatic carbocycles. The molecule has 0 atom stereocenters. The van der Waals surface area contributed by atoms with Crippen LogP contribution in [0.3, 0.4) is 0 Å². The minimum Gasteiger partial charge on any atom is -0.383 e. The average molecular weight is 302 g/mol. The molecule has 0 unspecified atom stereocenters. The molecular formula is C17H14N6. The molecule has 0 amide bonds. The van der Waals surface area contributed by atoms with E-state index in [2.05, 4.69) is 36.6 Å². The molecule has 4 rings (SSSR count). The van der Waals surface area contributed by atoms with Crippen LogP contribution in [0.5, 0.6) is 0 Å². The second-order valence-corrected chi connectivity index (χ2v) is 5.36. The lowest BCUT2D eigenvalue weighted by Crippen LogP contribution is -1.90. The molecule has 3 heterocycles. The molecule has 6 nitrogen and oxygen atoms in total. The van der Waals surface area contributed by atoms with Gasteiger partial charge in [-0.3, -0.25) is 5.10 Å². The Balaban J connectivity index is 1.80. The summed E-state index contributed by atoms with van der Waals surface area (Å²) in [5.41, 5.74) is 10.3. The fourth-order valence-corrected chi connectivity index (χ4v) is 2.61. The number of rotatable bonds is 0. The Kier molecular flexibility index (Phi) is 2.81. The van der Waals surface area contributed by atoms with Crippen molar-refractivity contribution in [3.8, 4) is 11.8 Å². The first kappa shape index (κ1) is 13.3. The molecule has 4 aromatic rings. The number of hydrogen-bond acceptors (Lipinski definition) is 4. The van der Waals surface area contributed by atoms with Gasteiger partial charge in [0.05, 0.1) is 21.9 Å². The van der Waals surface area contributed by atoms with Crippen molar-refractivity contribution in [2.45, 2.75) is 6.92 Å². The zero-order valence-corrected chi connectivity index (χ0v) is 12.8. The highest BCUT2D eigenvalue weighted by Gasteiger charge is 2.07. The fraction of sp³-hybridized carbons (Fsp3) is 0.118. The number of aryl methyl sites for hydroxylation is 2. The first-order valence-electron chi connectivity index (χ1n) is 7.17. The Labute approximate surface area is 132 Å². The molecule has 0 spiro atoms. The van der Waals surface area contributed by atoms with Crippen LogP contribution in [0, 0.1) is 18.8 Å². The average Bonchev–Trinajstić information content (AvgIpc) is 3.08. The SMILES string of the molecule is Cc1nc2cc(C#Cc3[nH]nc4ccnc(N)c34)ccc2n1C. The molecule has 0 aliphatic heterocycles. The van der Waals surface area contributed by atoms with Crippen molar-refractivity contribution in [3.63, 3.8) is 0 Å². The third-order valence-corrected chi connectivity index (χ3v) is 3.93. The third kappa shape index (κ3) is 2.10. The van der Waals surface area contributed by atoms with E-state index in [9.17, 15) is 0 Å². The number of nitrogens with zero attached hydrogens (tertiary/aromatic N) is 4. The number of hydrogen-bond donors (Lipinski definition) is 2. The van der Waals surface area contributed by atoms with Crippen LogP contribution in [0.25, 0.3) is 21.9 Å². The van der Waals surface area contributed by atoms with Gasteiger partial charge in [0.2, 0.25) is 0 Å². The summed E-state index contributed by atoms with van der Waals surface area (Å²) in [5, 5.41) is 7.86. The standard InChI is InChI=1S/C17H14N6/c1-10-20-14-9-11(4-6-15(14)23(10)2)3-5-12-16-13(22-21-12)7-8-19-17(16)18/h4,6-9H,1-2H3,(H2,18,19)(H,21,22). The van der Waals surface area contributed by atoms with E-state index in [-0.39, 0.29) is 0 Å². The number of pyridine rings is 1. The second-order valence-electron chi connectivity index (χ2n) is 5.36. The molecule has 3 aromatic heterocycles. The number of aromatic amines is 1. The first-order chi connectivity index (χ1) is 11.1. The number of fused-ring (bicyclic) bond motifs is 2. The molecule has 112 valence electrons. The molecule has 0 saturated heterocycles. The van der Waals surface area contributed by atoms with E-state index < -0.39 is 0 Å². The van der Waals surface area contributed by atoms with Crippen molar-refractivity contribution in [2.75, 3.05) is 5.73 Å². The summed E-state index contributed by atoms with van der Waals surface area (Å²) in [6.45, 7) is 1.98. The maximum Gasteiger partial charge on any atom is 0.135 e. The Morgan fingerprint density at radius 3 is 2.91 bits per heavy atom. The smallest absolute Gasteiger partial charge is 0.135 e. The van der Waals surface area contributed by atoms with Crippen LogP contribution in [0.1, 0.15) is 17.1 Å². The van der Waals surface area contributed by atoms with E-state index in [0.29, 0.717) is 11.5 Å². The molecule has 1 aromatic carbocycles. The number of imidazole rings is 1. The topological polar surface area (TPSA) is 85.4 Å². The summed E-state index contributed by atoms with van der Waals surface area (Å²) in [5.74, 6) is 7.62. The normalized spacial score (nSPS) is 10.9. The molecule has 0 saturated carbocycles. The van der Waals surface area contributed by atoms with Crippen molar-refractivity contribution in [2.24, 2.45) is 7.05 Å². The van der Waals surface area contributed by atoms with Crippen LogP contribution >= 0.6 is 0 Å². The van der Waals surface area contributed by atoms with Crippen molar-refractivity contribution >= 4 is 27.8 Å². The zero-order chi connectivity index (χ0) is 16.0. The highest BCUT2D eigenvalue weighted by Crippen LogP contribution is 2.20. The van der Waals surface area contributed by atoms with Crippen LogP contribution in [0.2, 0.25) is 0 Å². The summed E-state index contributed by atoms with van der Waals surface area (Å²) in [4.78, 5) is 8.61. The predicted molar refractivity (Wildman–Crippen MR) is 89.7 cm³/mol. The molecule has 23 heavy (non-hydrogen) atoms. The van der Waals surface area contributed by atoms with Crippen molar-refractivity contribution in [3.05, 3.63) is 47.5 Å². The van der Waals surface area contributed by atoms with Crippen LogP contribution in [-0.2, 0) is 7.05 Å². The van der Waals surface area contributed by atoms with Gasteiger partial charge in [-0.1, -0.05) is 5.92 Å². The van der Waals surface area contributed by atoms with Crippen LogP contribution in [0.15, 0.2) is 30.5 Å². The van der Waals surface area contributed by atoms with Gasteiger partial charge in [0.25, 0.3) is 0 Å². The highest BCUT2D eigenvalue weighted by molar-refractivity contribution is 5.92. The van der Waals surface area contributed by atoms with Gasteiger partial charge in [0.1, 0.15) is 17.3 Å². The van der Waals surface area contributed by atoms with Crippen LogP contribution in [-0.4, -0.2) is 24.7 Å². The van der Waals surface area contributed by atoms with Gasteiger partial charge in [-0.05, 0) is 37.1 Å². The van der Waals surface area contributed by atoms with Gasteiger partial charge in [0.15, 0.2) is 0 Å². The van der Waals surface area contributed by atoms with E-state index in [0.717, 1.165) is 33.3 Å². The number of benzene rings is 1. The van der Waals surface area contributed by atoms with Gasteiger partial charge in [-0.2, -0.15) is 5.10 Å². The monoisotopic (exact) mass is 302 g/mol. The summed E-state index contributed by atoms with van der Waals surface area (Å²) in [6.07, 6.45) is 1.63. The number of H-pyrrole nitrogens is 1. The van der Waals surface area contributed by atoms with Crippen molar-refractivity contribution < 1.29 is 0 Å². The largest absolute Gasteiger partial charge is 0.383 e. The number of nitrogen functional groups attached to an aromatic ring is 1.